The minimum atomic E-state index is 0.110. The highest BCUT2D eigenvalue weighted by molar-refractivity contribution is 6.32. The third kappa shape index (κ3) is 2.38. The fourth-order valence-corrected chi connectivity index (χ4v) is 2.70. The van der Waals surface area contributed by atoms with Crippen LogP contribution in [0.2, 0.25) is 10.4 Å². The topological polar surface area (TPSA) is 41.9 Å². The number of aromatic nitrogens is 3. The summed E-state index contributed by atoms with van der Waals surface area (Å²) in [5, 5.41) is 7.86. The maximum atomic E-state index is 6.09. The van der Waals surface area contributed by atoms with Gasteiger partial charge in [0.05, 0.1) is 0 Å². The van der Waals surface area contributed by atoms with Gasteiger partial charge in [0.2, 0.25) is 5.28 Å². The Morgan fingerprint density at radius 2 is 2.05 bits per heavy atom. The summed E-state index contributed by atoms with van der Waals surface area (Å²) in [6.45, 7) is 2.94. The molecule has 0 atom stereocenters. The fraction of sp³-hybridized carbons (Fsp3) is 0.308. The molecule has 0 aliphatic carbocycles. The number of nitrogens with zero attached hydrogens (tertiary/aromatic N) is 4. The maximum absolute atomic E-state index is 6.09. The largest absolute Gasteiger partial charge is 0.323 e. The molecule has 2 aromatic rings. The van der Waals surface area contributed by atoms with Crippen molar-refractivity contribution in [2.75, 3.05) is 11.4 Å². The Balaban J connectivity index is 2.11. The molecular weight excluding hydrogens is 283 g/mol. The Hall–Kier alpha value is -1.39. The van der Waals surface area contributed by atoms with Crippen molar-refractivity contribution in [2.45, 2.75) is 19.8 Å². The molecule has 6 heteroatoms. The number of rotatable bonds is 1. The first-order chi connectivity index (χ1) is 9.15. The Labute approximate surface area is 121 Å². The number of halogens is 2. The van der Waals surface area contributed by atoms with Crippen LogP contribution >= 0.6 is 23.2 Å². The van der Waals surface area contributed by atoms with Crippen LogP contribution in [0.1, 0.15) is 17.5 Å². The van der Waals surface area contributed by atoms with Crippen LogP contribution in [0.25, 0.3) is 0 Å². The highest BCUT2D eigenvalue weighted by Crippen LogP contribution is 2.35. The van der Waals surface area contributed by atoms with Gasteiger partial charge in [0, 0.05) is 12.2 Å². The Kier molecular flexibility index (Phi) is 3.29. The normalized spacial score (nSPS) is 14.4. The van der Waals surface area contributed by atoms with Crippen LogP contribution in [-0.2, 0) is 6.42 Å². The molecule has 1 aromatic carbocycles. The first-order valence-electron chi connectivity index (χ1n) is 6.08. The van der Waals surface area contributed by atoms with Crippen molar-refractivity contribution in [3.8, 4) is 0 Å². The van der Waals surface area contributed by atoms with E-state index in [9.17, 15) is 0 Å². The molecule has 1 aliphatic heterocycles. The summed E-state index contributed by atoms with van der Waals surface area (Å²) in [6.07, 6.45) is 2.12. The lowest BCUT2D eigenvalue weighted by Gasteiger charge is -2.30. The minimum absolute atomic E-state index is 0.110. The van der Waals surface area contributed by atoms with Gasteiger partial charge in [-0.3, -0.25) is 0 Å². The standard InChI is InChI=1S/C13H12Cl2N4/c1-8-4-5-10-9(7-8)3-2-6-19(10)12-11(14)17-18-13(15)16-12/h4-5,7H,2-3,6H2,1H3. The molecule has 0 spiro atoms. The number of aryl methyl sites for hydroxylation is 2. The minimum Gasteiger partial charge on any atom is -0.323 e. The number of anilines is 2. The van der Waals surface area contributed by atoms with Gasteiger partial charge in [-0.25, -0.2) is 0 Å². The molecule has 0 saturated heterocycles. The molecule has 1 aliphatic rings. The summed E-state index contributed by atoms with van der Waals surface area (Å²) in [6, 6.07) is 6.38. The van der Waals surface area contributed by atoms with E-state index >= 15 is 0 Å². The van der Waals surface area contributed by atoms with Gasteiger partial charge >= 0.3 is 0 Å². The summed E-state index contributed by atoms with van der Waals surface area (Å²) < 4.78 is 0. The summed E-state index contributed by atoms with van der Waals surface area (Å²) in [5.41, 5.74) is 3.68. The molecule has 4 nitrogen and oxygen atoms in total. The molecule has 3 rings (SSSR count). The molecule has 0 bridgehead atoms. The van der Waals surface area contributed by atoms with Gasteiger partial charge in [0.15, 0.2) is 11.0 Å². The van der Waals surface area contributed by atoms with E-state index in [4.69, 9.17) is 23.2 Å². The lowest BCUT2D eigenvalue weighted by atomic mass is 10.00. The summed E-state index contributed by atoms with van der Waals surface area (Å²) >= 11 is 11.9. The Bertz CT molecular complexity index is 630. The molecule has 2 heterocycles. The second kappa shape index (κ2) is 4.94. The molecule has 19 heavy (non-hydrogen) atoms. The highest BCUT2D eigenvalue weighted by Gasteiger charge is 2.22. The quantitative estimate of drug-likeness (QED) is 0.806. The van der Waals surface area contributed by atoms with E-state index in [1.807, 2.05) is 0 Å². The van der Waals surface area contributed by atoms with E-state index in [0.29, 0.717) is 5.82 Å². The van der Waals surface area contributed by atoms with E-state index in [-0.39, 0.29) is 10.4 Å². The van der Waals surface area contributed by atoms with Crippen LogP contribution < -0.4 is 4.90 Å². The molecule has 0 unspecified atom stereocenters. The SMILES string of the molecule is Cc1ccc2c(c1)CCCN2c1nc(Cl)nnc1Cl. The van der Waals surface area contributed by atoms with E-state index in [1.165, 1.54) is 11.1 Å². The molecule has 0 fully saturated rings. The van der Waals surface area contributed by atoms with Crippen LogP contribution in [0.3, 0.4) is 0 Å². The van der Waals surface area contributed by atoms with Gasteiger partial charge in [-0.2, -0.15) is 4.98 Å². The fourth-order valence-electron chi connectivity index (χ4n) is 2.40. The van der Waals surface area contributed by atoms with Crippen molar-refractivity contribution >= 4 is 34.7 Å². The second-order valence-corrected chi connectivity index (χ2v) is 5.28. The molecule has 0 N–H and O–H groups in total. The number of benzene rings is 1. The van der Waals surface area contributed by atoms with Crippen molar-refractivity contribution in [3.63, 3.8) is 0 Å². The van der Waals surface area contributed by atoms with E-state index in [1.54, 1.807) is 0 Å². The van der Waals surface area contributed by atoms with Gasteiger partial charge in [-0.1, -0.05) is 29.3 Å². The van der Waals surface area contributed by atoms with Crippen LogP contribution in [0, 0.1) is 6.92 Å². The van der Waals surface area contributed by atoms with Gasteiger partial charge < -0.3 is 4.90 Å². The highest BCUT2D eigenvalue weighted by atomic mass is 35.5. The van der Waals surface area contributed by atoms with E-state index in [0.717, 1.165) is 25.1 Å². The van der Waals surface area contributed by atoms with Crippen molar-refractivity contribution < 1.29 is 0 Å². The van der Waals surface area contributed by atoms with Gasteiger partial charge in [-0.15, -0.1) is 10.2 Å². The van der Waals surface area contributed by atoms with Gasteiger partial charge in [0.1, 0.15) is 0 Å². The smallest absolute Gasteiger partial charge is 0.245 e. The molecule has 98 valence electrons. The molecular formula is C13H12Cl2N4. The molecule has 0 radical (unpaired) electrons. The van der Waals surface area contributed by atoms with Crippen LogP contribution in [0.15, 0.2) is 18.2 Å². The second-order valence-electron chi connectivity index (χ2n) is 4.58. The first-order valence-corrected chi connectivity index (χ1v) is 6.83. The lowest BCUT2D eigenvalue weighted by Crippen LogP contribution is -2.26. The first kappa shape index (κ1) is 12.6. The maximum Gasteiger partial charge on any atom is 0.245 e. The predicted molar refractivity (Wildman–Crippen MR) is 76.4 cm³/mol. The lowest BCUT2D eigenvalue weighted by molar-refractivity contribution is 0.753. The van der Waals surface area contributed by atoms with Crippen LogP contribution in [0.5, 0.6) is 0 Å². The molecule has 0 amide bonds. The van der Waals surface area contributed by atoms with Crippen molar-refractivity contribution in [2.24, 2.45) is 0 Å². The average molecular weight is 295 g/mol. The molecule has 0 saturated carbocycles. The number of fused-ring (bicyclic) bond motifs is 1. The van der Waals surface area contributed by atoms with E-state index in [2.05, 4.69) is 45.2 Å². The zero-order valence-electron chi connectivity index (χ0n) is 10.4. The van der Waals surface area contributed by atoms with Crippen LogP contribution in [-0.4, -0.2) is 21.7 Å². The van der Waals surface area contributed by atoms with Crippen molar-refractivity contribution in [1.29, 1.82) is 0 Å². The summed E-state index contributed by atoms with van der Waals surface area (Å²) in [5.74, 6) is 0.575. The van der Waals surface area contributed by atoms with Crippen molar-refractivity contribution in [1.82, 2.24) is 15.2 Å². The monoisotopic (exact) mass is 294 g/mol. The number of hydrogen-bond donors (Lipinski definition) is 0. The zero-order chi connectivity index (χ0) is 13.4. The Morgan fingerprint density at radius 1 is 1.21 bits per heavy atom. The third-order valence-electron chi connectivity index (χ3n) is 3.21. The Morgan fingerprint density at radius 3 is 2.89 bits per heavy atom. The van der Waals surface area contributed by atoms with Crippen molar-refractivity contribution in [3.05, 3.63) is 39.8 Å². The summed E-state index contributed by atoms with van der Waals surface area (Å²) in [4.78, 5) is 6.26. The summed E-state index contributed by atoms with van der Waals surface area (Å²) in [7, 11) is 0. The zero-order valence-corrected chi connectivity index (χ0v) is 11.9. The van der Waals surface area contributed by atoms with Gasteiger partial charge in [-0.05, 0) is 43.0 Å². The predicted octanol–water partition coefficient (Wildman–Crippen LogP) is 3.57. The molecule has 1 aromatic heterocycles. The number of hydrogen-bond acceptors (Lipinski definition) is 4. The average Bonchev–Trinajstić information content (AvgIpc) is 2.40. The van der Waals surface area contributed by atoms with Crippen LogP contribution in [0.4, 0.5) is 11.5 Å². The third-order valence-corrected chi connectivity index (χ3v) is 3.62. The van der Waals surface area contributed by atoms with Gasteiger partial charge in [0.25, 0.3) is 0 Å². The van der Waals surface area contributed by atoms with E-state index < -0.39 is 0 Å².